The predicted molar refractivity (Wildman–Crippen MR) is 151 cm³/mol. The number of hydrogen-bond donors (Lipinski definition) is 3. The number of rotatable bonds is 12. The Kier molecular flexibility index (Phi) is 10.7. The molecular weight excluding hydrogens is 588 g/mol. The first-order valence-electron chi connectivity index (χ1n) is 12.7. The van der Waals surface area contributed by atoms with Crippen LogP contribution in [0.4, 0.5) is 4.39 Å². The second-order valence-corrected chi connectivity index (χ2v) is 13.5. The number of aliphatic hydroxyl groups is 1. The molecule has 0 aliphatic carbocycles. The van der Waals surface area contributed by atoms with E-state index in [9.17, 15) is 19.5 Å². The minimum Gasteiger partial charge on any atom is -0.462 e. The molecule has 1 fully saturated rings. The summed E-state index contributed by atoms with van der Waals surface area (Å²) >= 11 is 11.7. The first-order chi connectivity index (χ1) is 18.7. The Balaban J connectivity index is 1.83. The Morgan fingerprint density at radius 3 is 2.58 bits per heavy atom. The zero-order valence-corrected chi connectivity index (χ0v) is 25.2. The number of alkyl halides is 2. The van der Waals surface area contributed by atoms with Crippen LogP contribution >= 0.6 is 18.2 Å². The van der Waals surface area contributed by atoms with Gasteiger partial charge in [-0.15, -0.1) is 0 Å². The van der Waals surface area contributed by atoms with Gasteiger partial charge in [0.2, 0.25) is 0 Å². The average Bonchev–Trinajstić information content (AvgIpc) is 3.09. The van der Waals surface area contributed by atoms with Crippen LogP contribution < -0.4 is 20.9 Å². The summed E-state index contributed by atoms with van der Waals surface area (Å²) < 4.78 is 38.9. The fourth-order valence-electron chi connectivity index (χ4n) is 3.90. The van der Waals surface area contributed by atoms with Gasteiger partial charge in [-0.05, 0) is 63.6 Å². The second kappa shape index (κ2) is 13.2. The maximum Gasteiger partial charge on any atom is 0.330 e. The van der Waals surface area contributed by atoms with Crippen LogP contribution in [0, 0.1) is 6.92 Å². The lowest BCUT2D eigenvalue weighted by Crippen LogP contribution is -2.42. The number of H-pyrrole nitrogens is 1. The van der Waals surface area contributed by atoms with E-state index >= 15 is 4.39 Å². The number of aromatic nitrogens is 2. The van der Waals surface area contributed by atoms with Gasteiger partial charge in [-0.2, -0.15) is 0 Å². The Labute approximate surface area is 241 Å². The summed E-state index contributed by atoms with van der Waals surface area (Å²) in [7, 11) is 0. The van der Waals surface area contributed by atoms with Crippen molar-refractivity contribution in [3.05, 3.63) is 62.4 Å². The van der Waals surface area contributed by atoms with Gasteiger partial charge in [0.15, 0.2) is 6.23 Å². The third-order valence-electron chi connectivity index (χ3n) is 5.93. The molecule has 0 radical (unpaired) electrons. The summed E-state index contributed by atoms with van der Waals surface area (Å²) in [5.41, 5.74) is -0.439. The summed E-state index contributed by atoms with van der Waals surface area (Å²) in [6.45, 7) is 4.33. The van der Waals surface area contributed by atoms with E-state index in [1.54, 1.807) is 26.0 Å². The van der Waals surface area contributed by atoms with Gasteiger partial charge in [0.05, 0.1) is 12.7 Å². The van der Waals surface area contributed by atoms with E-state index in [0.29, 0.717) is 5.75 Å². The fraction of sp³-hybridized carbons (Fsp3) is 0.560. The fourth-order valence-corrected chi connectivity index (χ4v) is 6.61. The molecule has 1 aliphatic heterocycles. The van der Waals surface area contributed by atoms with Crippen molar-refractivity contribution >= 4 is 36.0 Å². The summed E-state index contributed by atoms with van der Waals surface area (Å²) in [6, 6.07) is 6.23. The van der Waals surface area contributed by atoms with Crippen LogP contribution in [0.15, 0.2) is 40.1 Å². The van der Waals surface area contributed by atoms with E-state index in [4.69, 9.17) is 41.9 Å². The van der Waals surface area contributed by atoms with Gasteiger partial charge in [-0.25, -0.2) is 14.3 Å². The summed E-state index contributed by atoms with van der Waals surface area (Å²) in [5.74, 6) is -0.235. The third-order valence-corrected chi connectivity index (χ3v) is 8.84. The molecule has 1 saturated heterocycles. The molecule has 3 N–H and O–H groups in total. The number of nitrogens with one attached hydrogen (secondary N) is 2. The second-order valence-electron chi connectivity index (χ2n) is 9.74. The molecule has 1 aliphatic rings. The highest BCUT2D eigenvalue weighted by Gasteiger charge is 2.58. The minimum atomic E-state index is -3.55. The number of carbonyl (C=O) groups is 1. The van der Waals surface area contributed by atoms with Gasteiger partial charge in [0.1, 0.15) is 24.0 Å². The molecule has 40 heavy (non-hydrogen) atoms. The van der Waals surface area contributed by atoms with Crippen molar-refractivity contribution in [3.63, 3.8) is 0 Å². The Hall–Kier alpha value is -2.12. The number of aryl methyl sites for hydroxylation is 2. The summed E-state index contributed by atoms with van der Waals surface area (Å²) in [6.07, 6.45) is -2.60. The van der Waals surface area contributed by atoms with E-state index < -0.39 is 60.1 Å². The zero-order valence-electron chi connectivity index (χ0n) is 22.8. The number of nitrogens with zero attached hydrogens (tertiary/aromatic N) is 1. The van der Waals surface area contributed by atoms with Crippen molar-refractivity contribution in [3.8, 4) is 5.75 Å². The summed E-state index contributed by atoms with van der Waals surface area (Å²) in [4.78, 5) is 38.6. The molecule has 6 atom stereocenters. The van der Waals surface area contributed by atoms with Crippen LogP contribution in [-0.4, -0.2) is 56.7 Å². The SMILES string of the molecule is CCCc1ccc(OP(=S)(NC(C)C(=O)OC(C)C)OC[C@H]2O[C@@H](n3cc(C)c(=O)[nH]c3=O)[C@](F)(Cl)[C@@H]2O)cc1. The molecule has 0 amide bonds. The van der Waals surface area contributed by atoms with Crippen LogP contribution in [0.3, 0.4) is 0 Å². The quantitative estimate of drug-likeness (QED) is 0.184. The van der Waals surface area contributed by atoms with Crippen LogP contribution in [0.5, 0.6) is 5.75 Å². The Morgan fingerprint density at radius 2 is 1.98 bits per heavy atom. The number of hydrogen-bond acceptors (Lipinski definition) is 9. The lowest BCUT2D eigenvalue weighted by Gasteiger charge is -2.28. The Morgan fingerprint density at radius 1 is 1.32 bits per heavy atom. The van der Waals surface area contributed by atoms with Gasteiger partial charge in [-0.3, -0.25) is 19.1 Å². The molecule has 3 rings (SSSR count). The minimum absolute atomic E-state index is 0.102. The van der Waals surface area contributed by atoms with E-state index in [-0.39, 0.29) is 11.7 Å². The number of esters is 1. The summed E-state index contributed by atoms with van der Waals surface area (Å²) in [5, 5.41) is 10.5. The van der Waals surface area contributed by atoms with E-state index in [2.05, 4.69) is 12.0 Å². The molecule has 0 spiro atoms. The van der Waals surface area contributed by atoms with Crippen LogP contribution in [-0.2, 0) is 37.0 Å². The number of carbonyl (C=O) groups excluding carboxylic acids is 1. The lowest BCUT2D eigenvalue weighted by atomic mass is 10.1. The van der Waals surface area contributed by atoms with E-state index in [1.165, 1.54) is 13.8 Å². The van der Waals surface area contributed by atoms with Crippen LogP contribution in [0.25, 0.3) is 0 Å². The smallest absolute Gasteiger partial charge is 0.330 e. The average molecular weight is 622 g/mol. The van der Waals surface area contributed by atoms with Gasteiger partial charge in [-0.1, -0.05) is 37.1 Å². The Bertz CT molecular complexity index is 1350. The number of aromatic amines is 1. The van der Waals surface area contributed by atoms with Crippen molar-refractivity contribution in [2.24, 2.45) is 0 Å². The first kappa shape index (κ1) is 32.4. The molecule has 2 unspecified atom stereocenters. The maximum absolute atomic E-state index is 15.5. The van der Waals surface area contributed by atoms with Gasteiger partial charge >= 0.3 is 18.3 Å². The monoisotopic (exact) mass is 621 g/mol. The van der Waals surface area contributed by atoms with E-state index in [0.717, 1.165) is 29.2 Å². The molecule has 1 aromatic carbocycles. The number of ether oxygens (including phenoxy) is 2. The molecule has 11 nitrogen and oxygen atoms in total. The number of benzene rings is 1. The van der Waals surface area contributed by atoms with Crippen molar-refractivity contribution < 1.29 is 32.8 Å². The standard InChI is InChI=1S/C25H34ClFN3O8PS/c1-6-7-17-8-10-18(11-9-17)38-39(40,29-16(5)22(33)36-14(2)3)35-13-19-20(31)25(26,27)23(37-19)30-12-15(4)21(32)28-24(30)34/h8-12,14,16,19-20,23,31H,6-7,13H2,1-5H3,(H,29,40)(H,28,32,34)/t16?,19-,20-,23-,25+,39?/m1/s1. The van der Waals surface area contributed by atoms with Gasteiger partial charge in [0, 0.05) is 11.8 Å². The van der Waals surface area contributed by atoms with Crippen molar-refractivity contribution in [1.82, 2.24) is 14.6 Å². The molecule has 0 bridgehead atoms. The third kappa shape index (κ3) is 7.79. The largest absolute Gasteiger partial charge is 0.462 e. The van der Waals surface area contributed by atoms with Crippen LogP contribution in [0.1, 0.15) is 51.5 Å². The normalized spacial score (nSPS) is 25.0. The highest BCUT2D eigenvalue weighted by atomic mass is 35.5. The molecule has 0 saturated carbocycles. The van der Waals surface area contributed by atoms with Gasteiger partial charge < -0.3 is 23.6 Å². The molecule has 222 valence electrons. The van der Waals surface area contributed by atoms with Crippen molar-refractivity contribution in [2.75, 3.05) is 6.61 Å². The lowest BCUT2D eigenvalue weighted by molar-refractivity contribution is -0.149. The first-order valence-corrected chi connectivity index (χ1v) is 15.7. The number of aliphatic hydroxyl groups excluding tert-OH is 1. The van der Waals surface area contributed by atoms with Crippen LogP contribution in [0.2, 0.25) is 0 Å². The zero-order chi connectivity index (χ0) is 29.8. The molecule has 2 aromatic rings. The predicted octanol–water partition coefficient (Wildman–Crippen LogP) is 3.21. The number of halogens is 2. The molecule has 15 heteroatoms. The highest BCUT2D eigenvalue weighted by molar-refractivity contribution is 8.09. The maximum atomic E-state index is 15.5. The van der Waals surface area contributed by atoms with Crippen molar-refractivity contribution in [2.45, 2.75) is 83.2 Å². The molecule has 1 aromatic heterocycles. The highest BCUT2D eigenvalue weighted by Crippen LogP contribution is 2.49. The van der Waals surface area contributed by atoms with E-state index in [1.807, 2.05) is 17.1 Å². The topological polar surface area (TPSA) is 141 Å². The van der Waals surface area contributed by atoms with Gasteiger partial charge in [0.25, 0.3) is 10.7 Å². The molecule has 2 heterocycles. The molecular formula is C25H34ClFN3O8PS. The van der Waals surface area contributed by atoms with Crippen molar-refractivity contribution in [1.29, 1.82) is 0 Å².